The third kappa shape index (κ3) is 4.87. The molecule has 0 saturated heterocycles. The molecule has 1 aromatic heterocycles. The quantitative estimate of drug-likeness (QED) is 0.759. The molecule has 0 spiro atoms. The van der Waals surface area contributed by atoms with E-state index in [1.54, 1.807) is 6.07 Å². The first-order valence-corrected chi connectivity index (χ1v) is 8.18. The van der Waals surface area contributed by atoms with Gasteiger partial charge in [-0.1, -0.05) is 17.7 Å². The molecule has 0 unspecified atom stereocenters. The van der Waals surface area contributed by atoms with Gasteiger partial charge in [-0.15, -0.1) is 11.3 Å². The van der Waals surface area contributed by atoms with Gasteiger partial charge in [0.25, 0.3) is 5.91 Å². The van der Waals surface area contributed by atoms with Crippen LogP contribution < -0.4 is 14.8 Å². The topological polar surface area (TPSA) is 73.9 Å². The van der Waals surface area contributed by atoms with Crippen LogP contribution in [0.15, 0.2) is 29.6 Å². The van der Waals surface area contributed by atoms with E-state index in [9.17, 15) is 9.59 Å². The van der Waals surface area contributed by atoms with Gasteiger partial charge in [-0.3, -0.25) is 9.59 Å². The van der Waals surface area contributed by atoms with E-state index >= 15 is 0 Å². The van der Waals surface area contributed by atoms with Crippen molar-refractivity contribution in [3.8, 4) is 11.5 Å². The molecule has 0 atom stereocenters. The molecule has 128 valence electrons. The zero-order valence-corrected chi connectivity index (χ0v) is 14.7. The minimum Gasteiger partial charge on any atom is -0.495 e. The van der Waals surface area contributed by atoms with Crippen molar-refractivity contribution in [3.05, 3.63) is 39.5 Å². The number of amides is 1. The van der Waals surface area contributed by atoms with Gasteiger partial charge in [0.1, 0.15) is 11.5 Å². The molecular weight excluding hydrogens is 354 g/mol. The molecule has 0 aliphatic rings. The van der Waals surface area contributed by atoms with Crippen molar-refractivity contribution in [2.45, 2.75) is 6.42 Å². The minimum absolute atomic E-state index is 0.141. The second-order valence-corrected chi connectivity index (χ2v) is 6.09. The molecular formula is C16H16ClNO5S. The summed E-state index contributed by atoms with van der Waals surface area (Å²) in [6.07, 6.45) is 0.141. The normalized spacial score (nSPS) is 10.1. The van der Waals surface area contributed by atoms with Gasteiger partial charge in [0.2, 0.25) is 0 Å². The lowest BCUT2D eigenvalue weighted by Crippen LogP contribution is -2.21. The third-order valence-corrected chi connectivity index (χ3v) is 4.18. The number of anilines is 1. The summed E-state index contributed by atoms with van der Waals surface area (Å²) in [6.45, 7) is -0.392. The van der Waals surface area contributed by atoms with Gasteiger partial charge in [-0.05, 0) is 17.5 Å². The molecule has 8 heteroatoms. The Hall–Kier alpha value is -2.25. The van der Waals surface area contributed by atoms with Crippen LogP contribution in [-0.4, -0.2) is 32.7 Å². The molecule has 6 nitrogen and oxygen atoms in total. The average Bonchev–Trinajstić information content (AvgIpc) is 3.06. The number of ether oxygens (including phenoxy) is 3. The molecule has 0 saturated carbocycles. The van der Waals surface area contributed by atoms with Gasteiger partial charge >= 0.3 is 5.97 Å². The van der Waals surface area contributed by atoms with E-state index < -0.39 is 18.5 Å². The largest absolute Gasteiger partial charge is 0.495 e. The lowest BCUT2D eigenvalue weighted by atomic mass is 10.2. The number of nitrogens with one attached hydrogen (secondary N) is 1. The Morgan fingerprint density at radius 2 is 1.96 bits per heavy atom. The van der Waals surface area contributed by atoms with Gasteiger partial charge < -0.3 is 19.5 Å². The summed E-state index contributed by atoms with van der Waals surface area (Å²) in [7, 11) is 2.94. The molecule has 2 rings (SSSR count). The van der Waals surface area contributed by atoms with Crippen molar-refractivity contribution in [2.24, 2.45) is 0 Å². The second-order valence-electron chi connectivity index (χ2n) is 4.65. The number of thiophene rings is 1. The standard InChI is InChI=1S/C16H16ClNO5S/c1-21-13-8-14(22-2)12(7-11(13)17)18-15(19)9-23-16(20)6-10-4-3-5-24-10/h3-5,7-8H,6,9H2,1-2H3,(H,18,19). The second kappa shape index (κ2) is 8.56. The highest BCUT2D eigenvalue weighted by Crippen LogP contribution is 2.35. The van der Waals surface area contributed by atoms with Crippen molar-refractivity contribution in [2.75, 3.05) is 26.1 Å². The summed E-state index contributed by atoms with van der Waals surface area (Å²) in [5.74, 6) is -0.148. The maximum absolute atomic E-state index is 11.9. The number of methoxy groups -OCH3 is 2. The Balaban J connectivity index is 1.92. The Bertz CT molecular complexity index is 718. The molecule has 0 bridgehead atoms. The monoisotopic (exact) mass is 369 g/mol. The molecule has 0 fully saturated rings. The highest BCUT2D eigenvalue weighted by atomic mass is 35.5. The predicted octanol–water partition coefficient (Wildman–Crippen LogP) is 3.14. The first kappa shape index (κ1) is 18.1. The first-order chi connectivity index (χ1) is 11.5. The fraction of sp³-hybridized carbons (Fsp3) is 0.250. The van der Waals surface area contributed by atoms with Crippen molar-refractivity contribution >= 4 is 40.5 Å². The number of hydrogen-bond acceptors (Lipinski definition) is 6. The molecule has 1 amide bonds. The first-order valence-electron chi connectivity index (χ1n) is 6.93. The average molecular weight is 370 g/mol. The zero-order valence-electron chi connectivity index (χ0n) is 13.1. The zero-order chi connectivity index (χ0) is 17.5. The Morgan fingerprint density at radius 3 is 2.58 bits per heavy atom. The lowest BCUT2D eigenvalue weighted by molar-refractivity contribution is -0.146. The number of hydrogen-bond donors (Lipinski definition) is 1. The predicted molar refractivity (Wildman–Crippen MR) is 92.2 cm³/mol. The van der Waals surface area contributed by atoms with Crippen LogP contribution in [-0.2, 0) is 20.7 Å². The van der Waals surface area contributed by atoms with E-state index in [2.05, 4.69) is 5.32 Å². The molecule has 0 radical (unpaired) electrons. The van der Waals surface area contributed by atoms with E-state index in [1.807, 2.05) is 17.5 Å². The van der Waals surface area contributed by atoms with Crippen LogP contribution in [0.2, 0.25) is 5.02 Å². The van der Waals surface area contributed by atoms with Crippen molar-refractivity contribution in [1.29, 1.82) is 0 Å². The molecule has 1 heterocycles. The Morgan fingerprint density at radius 1 is 1.21 bits per heavy atom. The van der Waals surface area contributed by atoms with Gasteiger partial charge in [0, 0.05) is 10.9 Å². The van der Waals surface area contributed by atoms with E-state index in [0.717, 1.165) is 4.88 Å². The Kier molecular flexibility index (Phi) is 6.45. The maximum Gasteiger partial charge on any atom is 0.311 e. The summed E-state index contributed by atoms with van der Waals surface area (Å²) in [5, 5.41) is 4.78. The van der Waals surface area contributed by atoms with E-state index in [0.29, 0.717) is 22.2 Å². The minimum atomic E-state index is -0.492. The van der Waals surface area contributed by atoms with E-state index in [-0.39, 0.29) is 6.42 Å². The van der Waals surface area contributed by atoms with Gasteiger partial charge in [0.05, 0.1) is 31.4 Å². The number of benzene rings is 1. The van der Waals surface area contributed by atoms with Crippen molar-refractivity contribution < 1.29 is 23.8 Å². The molecule has 0 aliphatic heterocycles. The Labute approximate surface area is 148 Å². The molecule has 24 heavy (non-hydrogen) atoms. The molecule has 1 aromatic carbocycles. The number of rotatable bonds is 7. The van der Waals surface area contributed by atoms with Crippen molar-refractivity contribution in [3.63, 3.8) is 0 Å². The summed E-state index contributed by atoms with van der Waals surface area (Å²) >= 11 is 7.49. The summed E-state index contributed by atoms with van der Waals surface area (Å²) < 4.78 is 15.2. The van der Waals surface area contributed by atoms with Crippen LogP contribution in [0.25, 0.3) is 0 Å². The number of carbonyl (C=O) groups excluding carboxylic acids is 2. The molecule has 1 N–H and O–H groups in total. The smallest absolute Gasteiger partial charge is 0.311 e. The van der Waals surface area contributed by atoms with Gasteiger partial charge in [0.15, 0.2) is 6.61 Å². The van der Waals surface area contributed by atoms with Crippen LogP contribution in [0, 0.1) is 0 Å². The van der Waals surface area contributed by atoms with Crippen LogP contribution in [0.1, 0.15) is 4.88 Å². The molecule has 2 aromatic rings. The highest BCUT2D eigenvalue weighted by Gasteiger charge is 2.14. The number of halogens is 1. The van der Waals surface area contributed by atoms with Crippen molar-refractivity contribution in [1.82, 2.24) is 0 Å². The van der Waals surface area contributed by atoms with Crippen LogP contribution in [0.5, 0.6) is 11.5 Å². The number of carbonyl (C=O) groups is 2. The fourth-order valence-corrected chi connectivity index (χ4v) is 2.83. The highest BCUT2D eigenvalue weighted by molar-refractivity contribution is 7.10. The summed E-state index contributed by atoms with van der Waals surface area (Å²) in [4.78, 5) is 24.5. The fourth-order valence-electron chi connectivity index (χ4n) is 1.90. The molecule has 0 aliphatic carbocycles. The summed E-state index contributed by atoms with van der Waals surface area (Å²) in [6, 6.07) is 6.74. The van der Waals surface area contributed by atoms with E-state index in [1.165, 1.54) is 31.6 Å². The third-order valence-electron chi connectivity index (χ3n) is 3.01. The van der Waals surface area contributed by atoms with Crippen LogP contribution >= 0.6 is 22.9 Å². The van der Waals surface area contributed by atoms with Gasteiger partial charge in [-0.2, -0.15) is 0 Å². The SMILES string of the molecule is COc1cc(OC)c(NC(=O)COC(=O)Cc2cccs2)cc1Cl. The van der Waals surface area contributed by atoms with E-state index in [4.69, 9.17) is 25.8 Å². The maximum atomic E-state index is 11.9. The van der Waals surface area contributed by atoms with Gasteiger partial charge in [-0.25, -0.2) is 0 Å². The summed E-state index contributed by atoms with van der Waals surface area (Å²) in [5.41, 5.74) is 0.364. The van der Waals surface area contributed by atoms with Crippen LogP contribution in [0.4, 0.5) is 5.69 Å². The van der Waals surface area contributed by atoms with Crippen LogP contribution in [0.3, 0.4) is 0 Å². The lowest BCUT2D eigenvalue weighted by Gasteiger charge is -2.13. The number of esters is 1.